The smallest absolute Gasteiger partial charge is 0.403 e. The summed E-state index contributed by atoms with van der Waals surface area (Å²) in [6, 6.07) is 2.80. The van der Waals surface area contributed by atoms with Gasteiger partial charge in [-0.1, -0.05) is 23.2 Å². The van der Waals surface area contributed by atoms with Crippen LogP contribution in [0.4, 0.5) is 13.2 Å². The first-order valence-electron chi connectivity index (χ1n) is 6.66. The fourth-order valence-electron chi connectivity index (χ4n) is 2.51. The van der Waals surface area contributed by atoms with Crippen molar-refractivity contribution in [1.82, 2.24) is 9.78 Å². The van der Waals surface area contributed by atoms with Gasteiger partial charge in [0, 0.05) is 6.07 Å². The summed E-state index contributed by atoms with van der Waals surface area (Å²) in [7, 11) is 0. The van der Waals surface area contributed by atoms with Crippen molar-refractivity contribution >= 4 is 34.3 Å². The number of nitrogens with zero attached hydrogens (tertiary/aromatic N) is 2. The van der Waals surface area contributed by atoms with Crippen molar-refractivity contribution in [3.05, 3.63) is 55.5 Å². The van der Waals surface area contributed by atoms with E-state index in [0.717, 1.165) is 16.8 Å². The Morgan fingerprint density at radius 2 is 1.71 bits per heavy atom. The third-order valence-electron chi connectivity index (χ3n) is 3.50. The van der Waals surface area contributed by atoms with Crippen molar-refractivity contribution in [2.45, 2.75) is 20.0 Å². The molecule has 3 rings (SSSR count). The van der Waals surface area contributed by atoms with Gasteiger partial charge in [-0.25, -0.2) is 4.79 Å². The number of halogens is 5. The van der Waals surface area contributed by atoms with Crippen LogP contribution in [0, 0.1) is 13.8 Å². The molecule has 0 fully saturated rings. The van der Waals surface area contributed by atoms with Crippen LogP contribution in [-0.4, -0.2) is 9.78 Å². The normalized spacial score (nSPS) is 12.1. The quantitative estimate of drug-likeness (QED) is 0.605. The molecule has 4 nitrogen and oxygen atoms in total. The maximum Gasteiger partial charge on any atom is 0.416 e. The lowest BCUT2D eigenvalue weighted by Gasteiger charge is -2.12. The summed E-state index contributed by atoms with van der Waals surface area (Å²) in [6.07, 6.45) is -4.59. The predicted molar refractivity (Wildman–Crippen MR) is 84.1 cm³/mol. The Balaban J connectivity index is 2.35. The van der Waals surface area contributed by atoms with Crippen LogP contribution >= 0.6 is 23.2 Å². The number of rotatable bonds is 1. The molecule has 0 aliphatic carbocycles. The number of aromatic nitrogens is 2. The molecule has 0 bridgehead atoms. The van der Waals surface area contributed by atoms with Gasteiger partial charge in [-0.15, -0.1) is 0 Å². The van der Waals surface area contributed by atoms with E-state index in [1.807, 2.05) is 0 Å². The maximum atomic E-state index is 12.8. The Morgan fingerprint density at radius 1 is 1.12 bits per heavy atom. The molecule has 0 amide bonds. The number of alkyl halides is 3. The van der Waals surface area contributed by atoms with E-state index in [1.165, 1.54) is 6.07 Å². The topological polar surface area (TPSA) is 48.0 Å². The van der Waals surface area contributed by atoms with E-state index in [0.29, 0.717) is 16.6 Å². The van der Waals surface area contributed by atoms with Crippen molar-refractivity contribution in [3.63, 3.8) is 0 Å². The van der Waals surface area contributed by atoms with E-state index in [2.05, 4.69) is 5.10 Å². The molecule has 0 N–H and O–H groups in total. The Morgan fingerprint density at radius 3 is 2.25 bits per heavy atom. The van der Waals surface area contributed by atoms with Crippen LogP contribution in [0.1, 0.15) is 16.8 Å². The average Bonchev–Trinajstić information content (AvgIpc) is 2.74. The Bertz CT molecular complexity index is 999. The number of aryl methyl sites for hydroxylation is 2. The summed E-state index contributed by atoms with van der Waals surface area (Å²) in [5, 5.41) is 4.26. The Labute approximate surface area is 143 Å². The minimum absolute atomic E-state index is 0.0122. The highest BCUT2D eigenvalue weighted by atomic mass is 35.5. The zero-order chi connectivity index (χ0) is 17.8. The van der Waals surface area contributed by atoms with E-state index in [1.54, 1.807) is 13.8 Å². The molecule has 0 aliphatic rings. The number of fused-ring (bicyclic) bond motifs is 1. The molecule has 9 heteroatoms. The summed E-state index contributed by atoms with van der Waals surface area (Å²) >= 11 is 12.0. The predicted octanol–water partition coefficient (Wildman–Crippen LogP) is 4.92. The maximum absolute atomic E-state index is 12.8. The van der Waals surface area contributed by atoms with Crippen molar-refractivity contribution in [2.75, 3.05) is 0 Å². The van der Waals surface area contributed by atoms with Gasteiger partial charge < -0.3 is 4.42 Å². The van der Waals surface area contributed by atoms with Gasteiger partial charge in [-0.05, 0) is 31.5 Å². The fourth-order valence-corrected chi connectivity index (χ4v) is 3.16. The molecule has 126 valence electrons. The molecule has 24 heavy (non-hydrogen) atoms. The van der Waals surface area contributed by atoms with E-state index >= 15 is 0 Å². The van der Waals surface area contributed by atoms with Crippen LogP contribution in [0.2, 0.25) is 10.0 Å². The first-order chi connectivity index (χ1) is 11.1. The third-order valence-corrected chi connectivity index (χ3v) is 4.08. The van der Waals surface area contributed by atoms with E-state index in [-0.39, 0.29) is 21.4 Å². The van der Waals surface area contributed by atoms with Crippen LogP contribution in [0.3, 0.4) is 0 Å². The van der Waals surface area contributed by atoms with Gasteiger partial charge in [0.25, 0.3) is 0 Å². The van der Waals surface area contributed by atoms with Gasteiger partial charge in [0.1, 0.15) is 5.69 Å². The molecule has 0 radical (unpaired) electrons. The van der Waals surface area contributed by atoms with Crippen LogP contribution in [0.5, 0.6) is 0 Å². The molecule has 2 aromatic heterocycles. The highest BCUT2D eigenvalue weighted by molar-refractivity contribution is 6.38. The zero-order valence-corrected chi connectivity index (χ0v) is 13.8. The molecule has 0 saturated carbocycles. The molecular formula is C15H9Cl2F3N2O2. The van der Waals surface area contributed by atoms with Crippen LogP contribution < -0.4 is 5.63 Å². The van der Waals surface area contributed by atoms with Crippen LogP contribution in [-0.2, 0) is 6.18 Å². The van der Waals surface area contributed by atoms with Gasteiger partial charge in [0.05, 0.1) is 26.7 Å². The van der Waals surface area contributed by atoms with Gasteiger partial charge >= 0.3 is 11.8 Å². The first-order valence-corrected chi connectivity index (χ1v) is 7.42. The number of benzene rings is 1. The Kier molecular flexibility index (Phi) is 3.88. The average molecular weight is 377 g/mol. The lowest BCUT2D eigenvalue weighted by molar-refractivity contribution is -0.137. The van der Waals surface area contributed by atoms with Gasteiger partial charge in [-0.3, -0.25) is 0 Å². The molecule has 0 unspecified atom stereocenters. The zero-order valence-electron chi connectivity index (χ0n) is 12.3. The van der Waals surface area contributed by atoms with Crippen molar-refractivity contribution < 1.29 is 17.6 Å². The monoisotopic (exact) mass is 376 g/mol. The van der Waals surface area contributed by atoms with Gasteiger partial charge in [0.15, 0.2) is 0 Å². The summed E-state index contributed by atoms with van der Waals surface area (Å²) in [5.74, 6) is 0. The lowest BCUT2D eigenvalue weighted by Crippen LogP contribution is -2.08. The summed E-state index contributed by atoms with van der Waals surface area (Å²) in [4.78, 5) is 11.6. The van der Waals surface area contributed by atoms with E-state index in [4.69, 9.17) is 27.6 Å². The first kappa shape index (κ1) is 16.9. The minimum atomic E-state index is -4.59. The highest BCUT2D eigenvalue weighted by Gasteiger charge is 2.32. The van der Waals surface area contributed by atoms with Crippen molar-refractivity contribution in [3.8, 4) is 5.69 Å². The molecule has 3 aromatic rings. The Hall–Kier alpha value is -1.99. The summed E-state index contributed by atoms with van der Waals surface area (Å²) in [5.41, 5.74) is -0.353. The van der Waals surface area contributed by atoms with Crippen LogP contribution in [0.15, 0.2) is 27.4 Å². The molecule has 0 saturated heterocycles. The third kappa shape index (κ3) is 2.67. The number of hydrogen-bond acceptors (Lipinski definition) is 3. The molecule has 0 aliphatic heterocycles. The second kappa shape index (κ2) is 5.53. The fraction of sp³-hybridized carbons (Fsp3) is 0.200. The highest BCUT2D eigenvalue weighted by Crippen LogP contribution is 2.38. The molecule has 2 heterocycles. The van der Waals surface area contributed by atoms with Crippen LogP contribution in [0.25, 0.3) is 16.8 Å². The standard InChI is InChI=1S/C15H9Cl2F3N2O2/c1-6-3-11(23)24-14-12(6)7(2)21-22(14)13-9(16)4-8(5-10(13)17)15(18,19)20/h3-5H,1-2H3. The van der Waals surface area contributed by atoms with Gasteiger partial charge in [-0.2, -0.15) is 23.0 Å². The second-order valence-electron chi connectivity index (χ2n) is 5.21. The lowest BCUT2D eigenvalue weighted by atomic mass is 10.2. The largest absolute Gasteiger partial charge is 0.416 e. The summed E-state index contributed by atoms with van der Waals surface area (Å²) in [6.45, 7) is 3.38. The molecular weight excluding hydrogens is 368 g/mol. The van der Waals surface area contributed by atoms with E-state index in [9.17, 15) is 18.0 Å². The van der Waals surface area contributed by atoms with Gasteiger partial charge in [0.2, 0.25) is 5.71 Å². The van der Waals surface area contributed by atoms with E-state index < -0.39 is 17.4 Å². The summed E-state index contributed by atoms with van der Waals surface area (Å²) < 4.78 is 44.8. The molecule has 0 spiro atoms. The van der Waals surface area contributed by atoms with Crippen molar-refractivity contribution in [1.29, 1.82) is 0 Å². The molecule has 1 aromatic carbocycles. The number of hydrogen-bond donors (Lipinski definition) is 0. The molecule has 0 atom stereocenters. The second-order valence-corrected chi connectivity index (χ2v) is 6.03. The van der Waals surface area contributed by atoms with Crippen molar-refractivity contribution in [2.24, 2.45) is 0 Å². The SMILES string of the molecule is Cc1cc(=O)oc2c1c(C)nn2-c1c(Cl)cc(C(F)(F)F)cc1Cl. The minimum Gasteiger partial charge on any atom is -0.403 e.